The molecule has 3 heterocycles. The number of hydrogen-bond acceptors (Lipinski definition) is 5. The number of aryl methyl sites for hydroxylation is 2. The van der Waals surface area contributed by atoms with E-state index in [1.807, 2.05) is 6.07 Å². The highest BCUT2D eigenvalue weighted by atomic mass is 16.4. The summed E-state index contributed by atoms with van der Waals surface area (Å²) in [4.78, 5) is 19.3. The Morgan fingerprint density at radius 3 is 2.67 bits per heavy atom. The summed E-state index contributed by atoms with van der Waals surface area (Å²) in [5.74, 6) is 3.12. The Bertz CT molecular complexity index is 836. The summed E-state index contributed by atoms with van der Waals surface area (Å²) in [7, 11) is 0. The molecular formula is C21H28N4O2. The van der Waals surface area contributed by atoms with Crippen LogP contribution in [0.4, 0.5) is 0 Å². The lowest BCUT2D eigenvalue weighted by Gasteiger charge is -2.31. The summed E-state index contributed by atoms with van der Waals surface area (Å²) >= 11 is 0. The Morgan fingerprint density at radius 2 is 1.89 bits per heavy atom. The third kappa shape index (κ3) is 3.86. The summed E-state index contributed by atoms with van der Waals surface area (Å²) in [6.07, 6.45) is 9.21. The van der Waals surface area contributed by atoms with E-state index in [1.165, 1.54) is 31.4 Å². The first-order valence-corrected chi connectivity index (χ1v) is 10.5. The van der Waals surface area contributed by atoms with E-state index in [1.54, 1.807) is 10.7 Å². The van der Waals surface area contributed by atoms with Crippen LogP contribution in [-0.4, -0.2) is 32.8 Å². The first kappa shape index (κ1) is 17.2. The fourth-order valence-electron chi connectivity index (χ4n) is 4.43. The zero-order chi connectivity index (χ0) is 18.2. The second kappa shape index (κ2) is 7.23. The van der Waals surface area contributed by atoms with E-state index >= 15 is 0 Å². The van der Waals surface area contributed by atoms with Gasteiger partial charge in [-0.3, -0.25) is 9.69 Å². The summed E-state index contributed by atoms with van der Waals surface area (Å²) in [5.41, 5.74) is 2.32. The highest BCUT2D eigenvalue weighted by Crippen LogP contribution is 2.38. The Kier molecular flexibility index (Phi) is 4.60. The van der Waals surface area contributed by atoms with Gasteiger partial charge in [-0.25, -0.2) is 9.67 Å². The number of oxazole rings is 1. The second-order valence-corrected chi connectivity index (χ2v) is 8.46. The largest absolute Gasteiger partial charge is 0.444 e. The third-order valence-corrected chi connectivity index (χ3v) is 6.27. The van der Waals surface area contributed by atoms with Gasteiger partial charge in [0.15, 0.2) is 0 Å². The van der Waals surface area contributed by atoms with Crippen molar-refractivity contribution in [2.24, 2.45) is 5.92 Å². The number of likely N-dealkylation sites (tertiary alicyclic amines) is 1. The van der Waals surface area contributed by atoms with Crippen LogP contribution < -0.4 is 5.56 Å². The maximum absolute atomic E-state index is 12.2. The highest BCUT2D eigenvalue weighted by molar-refractivity contribution is 5.13. The molecular weight excluding hydrogens is 340 g/mol. The minimum Gasteiger partial charge on any atom is -0.444 e. The van der Waals surface area contributed by atoms with Crippen LogP contribution in [-0.2, 0) is 25.9 Å². The molecule has 0 spiro atoms. The zero-order valence-corrected chi connectivity index (χ0v) is 15.9. The van der Waals surface area contributed by atoms with Crippen LogP contribution in [0.1, 0.15) is 67.5 Å². The van der Waals surface area contributed by atoms with Gasteiger partial charge in [0.2, 0.25) is 5.89 Å². The van der Waals surface area contributed by atoms with Gasteiger partial charge in [0.05, 0.1) is 17.9 Å². The molecule has 144 valence electrons. The van der Waals surface area contributed by atoms with Crippen LogP contribution >= 0.6 is 0 Å². The van der Waals surface area contributed by atoms with Gasteiger partial charge in [-0.05, 0) is 70.0 Å². The number of fused-ring (bicyclic) bond motifs is 1. The van der Waals surface area contributed by atoms with E-state index in [2.05, 4.69) is 10.00 Å². The van der Waals surface area contributed by atoms with Crippen molar-refractivity contribution in [3.63, 3.8) is 0 Å². The molecule has 5 rings (SSSR count). The minimum absolute atomic E-state index is 0.0344. The van der Waals surface area contributed by atoms with E-state index in [9.17, 15) is 4.79 Å². The average molecular weight is 368 g/mol. The van der Waals surface area contributed by atoms with Crippen molar-refractivity contribution < 1.29 is 4.42 Å². The van der Waals surface area contributed by atoms with Gasteiger partial charge in [0.1, 0.15) is 5.76 Å². The monoisotopic (exact) mass is 368 g/mol. The number of piperidine rings is 1. The van der Waals surface area contributed by atoms with Crippen molar-refractivity contribution in [1.82, 2.24) is 19.7 Å². The number of nitrogens with zero attached hydrogens (tertiary/aromatic N) is 4. The summed E-state index contributed by atoms with van der Waals surface area (Å²) < 4.78 is 7.68. The molecule has 1 saturated heterocycles. The van der Waals surface area contributed by atoms with Crippen LogP contribution in [0.2, 0.25) is 0 Å². The molecule has 1 saturated carbocycles. The molecule has 1 aliphatic heterocycles. The normalized spacial score (nSPS) is 21.3. The van der Waals surface area contributed by atoms with Crippen molar-refractivity contribution >= 4 is 0 Å². The van der Waals surface area contributed by atoms with Gasteiger partial charge in [-0.15, -0.1) is 0 Å². The van der Waals surface area contributed by atoms with Crippen molar-refractivity contribution in [3.05, 3.63) is 45.5 Å². The quantitative estimate of drug-likeness (QED) is 0.812. The standard InChI is InChI=1S/C21H28N4O2/c26-21-8-7-17(16-5-6-16)23-25(21)13-15-9-11-24(12-10-15)14-20-22-18-3-1-2-4-19(18)27-20/h7-8,15-16H,1-6,9-14H2. The molecule has 6 nitrogen and oxygen atoms in total. The summed E-state index contributed by atoms with van der Waals surface area (Å²) in [6.45, 7) is 3.64. The fraction of sp³-hybridized carbons (Fsp3) is 0.667. The Morgan fingerprint density at radius 1 is 1.07 bits per heavy atom. The SMILES string of the molecule is O=c1ccc(C2CC2)nn1CC1CCN(Cc2nc3c(o2)CCCC3)CC1. The van der Waals surface area contributed by atoms with E-state index in [0.717, 1.165) is 69.2 Å². The first-order chi connectivity index (χ1) is 13.2. The smallest absolute Gasteiger partial charge is 0.266 e. The predicted octanol–water partition coefficient (Wildman–Crippen LogP) is 2.90. The molecule has 27 heavy (non-hydrogen) atoms. The Balaban J connectivity index is 1.16. The molecule has 0 bridgehead atoms. The van der Waals surface area contributed by atoms with Crippen LogP contribution in [0, 0.1) is 5.92 Å². The van der Waals surface area contributed by atoms with Crippen LogP contribution in [0.3, 0.4) is 0 Å². The molecule has 2 aromatic heterocycles. The molecule has 2 fully saturated rings. The summed E-state index contributed by atoms with van der Waals surface area (Å²) in [5, 5.41) is 4.62. The van der Waals surface area contributed by atoms with Crippen molar-refractivity contribution in [2.45, 2.75) is 70.4 Å². The van der Waals surface area contributed by atoms with Crippen LogP contribution in [0.5, 0.6) is 0 Å². The van der Waals surface area contributed by atoms with Gasteiger partial charge in [-0.1, -0.05) is 0 Å². The van der Waals surface area contributed by atoms with E-state index in [0.29, 0.717) is 11.8 Å². The van der Waals surface area contributed by atoms with Crippen molar-refractivity contribution in [2.75, 3.05) is 13.1 Å². The first-order valence-electron chi connectivity index (χ1n) is 10.5. The molecule has 2 aliphatic carbocycles. The lowest BCUT2D eigenvalue weighted by atomic mass is 9.97. The van der Waals surface area contributed by atoms with Crippen molar-refractivity contribution in [1.29, 1.82) is 0 Å². The lowest BCUT2D eigenvalue weighted by Crippen LogP contribution is -2.36. The molecule has 0 N–H and O–H groups in total. The van der Waals surface area contributed by atoms with E-state index < -0.39 is 0 Å². The summed E-state index contributed by atoms with van der Waals surface area (Å²) in [6, 6.07) is 3.61. The fourth-order valence-corrected chi connectivity index (χ4v) is 4.43. The zero-order valence-electron chi connectivity index (χ0n) is 15.9. The van der Waals surface area contributed by atoms with Gasteiger partial charge >= 0.3 is 0 Å². The molecule has 0 amide bonds. The minimum atomic E-state index is 0.0344. The molecule has 0 unspecified atom stereocenters. The molecule has 0 atom stereocenters. The lowest BCUT2D eigenvalue weighted by molar-refractivity contribution is 0.151. The Hall–Kier alpha value is -1.95. The maximum atomic E-state index is 12.2. The molecule has 2 aromatic rings. The van der Waals surface area contributed by atoms with Gasteiger partial charge < -0.3 is 4.42 Å². The third-order valence-electron chi connectivity index (χ3n) is 6.27. The number of hydrogen-bond donors (Lipinski definition) is 0. The number of rotatable bonds is 5. The van der Waals surface area contributed by atoms with Gasteiger partial charge in [0.25, 0.3) is 5.56 Å². The number of aromatic nitrogens is 3. The highest BCUT2D eigenvalue weighted by Gasteiger charge is 2.27. The van der Waals surface area contributed by atoms with E-state index in [4.69, 9.17) is 9.40 Å². The van der Waals surface area contributed by atoms with Gasteiger partial charge in [-0.2, -0.15) is 5.10 Å². The average Bonchev–Trinajstić information content (AvgIpc) is 3.45. The van der Waals surface area contributed by atoms with Gasteiger partial charge in [0, 0.05) is 24.9 Å². The maximum Gasteiger partial charge on any atom is 0.266 e. The molecule has 0 radical (unpaired) electrons. The predicted molar refractivity (Wildman–Crippen MR) is 102 cm³/mol. The molecule has 0 aromatic carbocycles. The van der Waals surface area contributed by atoms with Crippen LogP contribution in [0.25, 0.3) is 0 Å². The molecule has 3 aliphatic rings. The van der Waals surface area contributed by atoms with E-state index in [-0.39, 0.29) is 5.56 Å². The topological polar surface area (TPSA) is 64.2 Å². The van der Waals surface area contributed by atoms with Crippen LogP contribution in [0.15, 0.2) is 21.3 Å². The second-order valence-electron chi connectivity index (χ2n) is 8.46. The Labute approximate surface area is 159 Å². The van der Waals surface area contributed by atoms with Crippen molar-refractivity contribution in [3.8, 4) is 0 Å². The molecule has 6 heteroatoms.